The van der Waals surface area contributed by atoms with E-state index in [0.29, 0.717) is 34.9 Å². The minimum absolute atomic E-state index is 0.151. The fraction of sp³-hybridized carbons (Fsp3) is 0.160. The molecule has 1 heterocycles. The van der Waals surface area contributed by atoms with Crippen LogP contribution >= 0.6 is 0 Å². The average molecular weight is 462 g/mol. The van der Waals surface area contributed by atoms with Crippen molar-refractivity contribution in [2.75, 3.05) is 18.7 Å². The van der Waals surface area contributed by atoms with Crippen molar-refractivity contribution in [3.8, 4) is 17.2 Å². The van der Waals surface area contributed by atoms with E-state index < -0.39 is 6.16 Å². The molecule has 0 bridgehead atoms. The van der Waals surface area contributed by atoms with Crippen molar-refractivity contribution in [2.24, 2.45) is 0 Å². The minimum Gasteiger partial charge on any atom is -0.454 e. The Hall–Kier alpha value is -4.53. The number of anilines is 1. The molecule has 1 aliphatic rings. The summed E-state index contributed by atoms with van der Waals surface area (Å²) in [5.41, 5.74) is 2.35. The molecule has 2 amide bonds. The molecule has 0 saturated heterocycles. The Bertz CT molecular complexity index is 1190. The van der Waals surface area contributed by atoms with Crippen LogP contribution in [0.3, 0.4) is 0 Å². The Morgan fingerprint density at radius 2 is 1.56 bits per heavy atom. The van der Waals surface area contributed by atoms with E-state index in [-0.39, 0.29) is 31.0 Å². The molecule has 1 aliphatic heterocycles. The minimum atomic E-state index is -0.799. The van der Waals surface area contributed by atoms with Gasteiger partial charge in [-0.2, -0.15) is 0 Å². The maximum absolute atomic E-state index is 12.5. The standard InChI is InChI=1S/C25H22N2O7/c1-2-31-25(30)34-20-10-5-17(6-11-20)24(29)27-19-8-3-16(4-9-19)14-26-23(28)18-7-12-21-22(13-18)33-15-32-21/h3-13H,2,14-15H2,1H3,(H,26,28)(H,27,29). The predicted octanol–water partition coefficient (Wildman–Crippen LogP) is 4.13. The van der Waals surface area contributed by atoms with Gasteiger partial charge < -0.3 is 29.6 Å². The molecule has 2 N–H and O–H groups in total. The second-order valence-corrected chi connectivity index (χ2v) is 7.21. The van der Waals surface area contributed by atoms with E-state index in [1.165, 1.54) is 12.1 Å². The lowest BCUT2D eigenvalue weighted by Gasteiger charge is -2.09. The van der Waals surface area contributed by atoms with Gasteiger partial charge >= 0.3 is 6.16 Å². The molecule has 3 aromatic rings. The van der Waals surface area contributed by atoms with Crippen molar-refractivity contribution in [1.82, 2.24) is 5.32 Å². The number of fused-ring (bicyclic) bond motifs is 1. The van der Waals surface area contributed by atoms with Gasteiger partial charge in [0.05, 0.1) is 6.61 Å². The molecular weight excluding hydrogens is 440 g/mol. The number of carbonyl (C=O) groups excluding carboxylic acids is 3. The molecule has 0 spiro atoms. The van der Waals surface area contributed by atoms with Crippen LogP contribution < -0.4 is 24.8 Å². The zero-order chi connectivity index (χ0) is 23.9. The van der Waals surface area contributed by atoms with Crippen LogP contribution in [0.25, 0.3) is 0 Å². The molecule has 9 nitrogen and oxygen atoms in total. The maximum Gasteiger partial charge on any atom is 0.513 e. The summed E-state index contributed by atoms with van der Waals surface area (Å²) in [7, 11) is 0. The second kappa shape index (κ2) is 10.4. The Kier molecular flexibility index (Phi) is 6.92. The van der Waals surface area contributed by atoms with Gasteiger partial charge in [0.15, 0.2) is 11.5 Å². The van der Waals surface area contributed by atoms with Gasteiger partial charge in [-0.3, -0.25) is 9.59 Å². The van der Waals surface area contributed by atoms with Gasteiger partial charge in [0.25, 0.3) is 11.8 Å². The molecule has 34 heavy (non-hydrogen) atoms. The van der Waals surface area contributed by atoms with E-state index in [1.54, 1.807) is 49.4 Å². The molecule has 9 heteroatoms. The number of ether oxygens (including phenoxy) is 4. The molecule has 0 saturated carbocycles. The summed E-state index contributed by atoms with van der Waals surface area (Å²) < 4.78 is 20.2. The highest BCUT2D eigenvalue weighted by Crippen LogP contribution is 2.32. The first kappa shape index (κ1) is 22.7. The SMILES string of the molecule is CCOC(=O)Oc1ccc(C(=O)Nc2ccc(CNC(=O)c3ccc4c(c3)OCO4)cc2)cc1. The molecule has 0 unspecified atom stereocenters. The largest absolute Gasteiger partial charge is 0.513 e. The molecule has 0 fully saturated rings. The quantitative estimate of drug-likeness (QED) is 0.401. The molecule has 0 aliphatic carbocycles. The number of rotatable bonds is 7. The van der Waals surface area contributed by atoms with E-state index >= 15 is 0 Å². The Morgan fingerprint density at radius 3 is 2.29 bits per heavy atom. The van der Waals surface area contributed by atoms with Crippen LogP contribution in [0.15, 0.2) is 66.7 Å². The van der Waals surface area contributed by atoms with Crippen molar-refractivity contribution in [2.45, 2.75) is 13.5 Å². The van der Waals surface area contributed by atoms with Gasteiger partial charge in [-0.25, -0.2) is 4.79 Å². The highest BCUT2D eigenvalue weighted by molar-refractivity contribution is 6.04. The number of carbonyl (C=O) groups is 3. The zero-order valence-corrected chi connectivity index (χ0v) is 18.3. The maximum atomic E-state index is 12.5. The van der Waals surface area contributed by atoms with Gasteiger partial charge in [0.1, 0.15) is 5.75 Å². The van der Waals surface area contributed by atoms with Gasteiger partial charge in [-0.1, -0.05) is 12.1 Å². The third kappa shape index (κ3) is 5.63. The molecule has 0 atom stereocenters. The molecule has 0 aromatic heterocycles. The van der Waals surface area contributed by atoms with Crippen molar-refractivity contribution < 1.29 is 33.3 Å². The van der Waals surface area contributed by atoms with E-state index in [9.17, 15) is 14.4 Å². The second-order valence-electron chi connectivity index (χ2n) is 7.21. The summed E-state index contributed by atoms with van der Waals surface area (Å²) in [5, 5.41) is 5.65. The summed E-state index contributed by atoms with van der Waals surface area (Å²) >= 11 is 0. The van der Waals surface area contributed by atoms with Gasteiger partial charge in [-0.15, -0.1) is 0 Å². The van der Waals surface area contributed by atoms with Crippen molar-refractivity contribution in [1.29, 1.82) is 0 Å². The smallest absolute Gasteiger partial charge is 0.454 e. The number of amides is 2. The predicted molar refractivity (Wildman–Crippen MR) is 122 cm³/mol. The molecule has 174 valence electrons. The molecule has 0 radical (unpaired) electrons. The van der Waals surface area contributed by atoms with Crippen LogP contribution in [0.2, 0.25) is 0 Å². The topological polar surface area (TPSA) is 112 Å². The number of hydrogen-bond donors (Lipinski definition) is 2. The van der Waals surface area contributed by atoms with Crippen molar-refractivity contribution in [3.63, 3.8) is 0 Å². The molecular formula is C25H22N2O7. The summed E-state index contributed by atoms with van der Waals surface area (Å²) in [6.45, 7) is 2.37. The summed E-state index contributed by atoms with van der Waals surface area (Å²) in [5.74, 6) is 0.906. The Labute approximate surface area is 195 Å². The first-order valence-corrected chi connectivity index (χ1v) is 10.5. The summed E-state index contributed by atoms with van der Waals surface area (Å²) in [4.78, 5) is 36.2. The van der Waals surface area contributed by atoms with Gasteiger partial charge in [0, 0.05) is 23.4 Å². The number of nitrogens with one attached hydrogen (secondary N) is 2. The highest BCUT2D eigenvalue weighted by Gasteiger charge is 2.16. The van der Waals surface area contributed by atoms with Crippen LogP contribution in [0, 0.1) is 0 Å². The Balaban J connectivity index is 1.28. The fourth-order valence-corrected chi connectivity index (χ4v) is 3.15. The van der Waals surface area contributed by atoms with Crippen molar-refractivity contribution in [3.05, 3.63) is 83.4 Å². The normalized spacial score (nSPS) is 11.4. The fourth-order valence-electron chi connectivity index (χ4n) is 3.15. The summed E-state index contributed by atoms with van der Waals surface area (Å²) in [6.07, 6.45) is -0.799. The lowest BCUT2D eigenvalue weighted by atomic mass is 10.1. The van der Waals surface area contributed by atoms with Crippen LogP contribution in [0.4, 0.5) is 10.5 Å². The third-order valence-electron chi connectivity index (χ3n) is 4.88. The summed E-state index contributed by atoms with van der Waals surface area (Å²) in [6, 6.07) is 18.3. The number of hydrogen-bond acceptors (Lipinski definition) is 7. The first-order chi connectivity index (χ1) is 16.5. The van der Waals surface area contributed by atoms with E-state index in [4.69, 9.17) is 18.9 Å². The molecule has 4 rings (SSSR count). The average Bonchev–Trinajstić information content (AvgIpc) is 3.32. The van der Waals surface area contributed by atoms with Crippen molar-refractivity contribution >= 4 is 23.7 Å². The van der Waals surface area contributed by atoms with Crippen LogP contribution in [-0.2, 0) is 11.3 Å². The monoisotopic (exact) mass is 462 g/mol. The van der Waals surface area contributed by atoms with Gasteiger partial charge in [0.2, 0.25) is 6.79 Å². The van der Waals surface area contributed by atoms with Crippen LogP contribution in [-0.4, -0.2) is 31.4 Å². The van der Waals surface area contributed by atoms with Crippen LogP contribution in [0.1, 0.15) is 33.2 Å². The Morgan fingerprint density at radius 1 is 0.853 bits per heavy atom. The van der Waals surface area contributed by atoms with E-state index in [1.807, 2.05) is 12.1 Å². The number of benzene rings is 3. The highest BCUT2D eigenvalue weighted by atomic mass is 16.7. The lowest BCUT2D eigenvalue weighted by Crippen LogP contribution is -2.22. The molecule has 3 aromatic carbocycles. The zero-order valence-electron chi connectivity index (χ0n) is 18.3. The lowest BCUT2D eigenvalue weighted by molar-refractivity contribution is 0.0948. The van der Waals surface area contributed by atoms with Gasteiger partial charge in [-0.05, 0) is 67.1 Å². The first-order valence-electron chi connectivity index (χ1n) is 10.5. The van der Waals surface area contributed by atoms with Crippen LogP contribution in [0.5, 0.6) is 17.2 Å². The van der Waals surface area contributed by atoms with E-state index in [0.717, 1.165) is 5.56 Å². The third-order valence-corrected chi connectivity index (χ3v) is 4.88. The van der Waals surface area contributed by atoms with E-state index in [2.05, 4.69) is 10.6 Å².